The summed E-state index contributed by atoms with van der Waals surface area (Å²) in [4.78, 5) is 0. The minimum atomic E-state index is 0.402. The Hall–Kier alpha value is -0.990. The molecule has 3 nitrogen and oxygen atoms in total. The van der Waals surface area contributed by atoms with Gasteiger partial charge in [-0.15, -0.1) is 4.68 Å². The third-order valence-corrected chi connectivity index (χ3v) is 1.08. The van der Waals surface area contributed by atoms with Gasteiger partial charge in [0.05, 0.1) is 5.10 Å². The van der Waals surface area contributed by atoms with Crippen molar-refractivity contribution in [2.75, 3.05) is 0 Å². The van der Waals surface area contributed by atoms with Gasteiger partial charge in [-0.3, -0.25) is 0 Å². The van der Waals surface area contributed by atoms with Crippen LogP contribution in [0, 0.1) is 0 Å². The van der Waals surface area contributed by atoms with Crippen LogP contribution in [0.3, 0.4) is 0 Å². The van der Waals surface area contributed by atoms with Crippen molar-refractivity contribution in [3.63, 3.8) is 0 Å². The van der Waals surface area contributed by atoms with Gasteiger partial charge in [0.25, 0.3) is 0 Å². The van der Waals surface area contributed by atoms with Crippen molar-refractivity contribution in [1.82, 2.24) is 10.3 Å². The molecule has 0 amide bonds. The molecule has 0 aromatic carbocycles. The van der Waals surface area contributed by atoms with Crippen molar-refractivity contribution in [3.05, 3.63) is 18.5 Å². The lowest BCUT2D eigenvalue weighted by molar-refractivity contribution is -0.776. The van der Waals surface area contributed by atoms with Crippen molar-refractivity contribution in [3.8, 4) is 0 Å². The highest BCUT2D eigenvalue weighted by atomic mass is 15.4. The van der Waals surface area contributed by atoms with Gasteiger partial charge in [0.1, 0.15) is 17.5 Å². The van der Waals surface area contributed by atoms with Crippen LogP contribution in [0.5, 0.6) is 0 Å². The summed E-state index contributed by atoms with van der Waals surface area (Å²) in [5.41, 5.74) is 0. The second-order valence-corrected chi connectivity index (χ2v) is 2.17. The average Bonchev–Trinajstić information content (AvgIpc) is 1.90. The van der Waals surface area contributed by atoms with Crippen LogP contribution in [0.1, 0.15) is 19.9 Å². The fourth-order valence-electron chi connectivity index (χ4n) is 0.560. The van der Waals surface area contributed by atoms with Crippen LogP contribution in [-0.4, -0.2) is 10.3 Å². The number of nitrogens with zero attached hydrogens (tertiary/aromatic N) is 3. The van der Waals surface area contributed by atoms with Crippen LogP contribution in [0.25, 0.3) is 0 Å². The molecule has 48 valence electrons. The third kappa shape index (κ3) is 1.45. The van der Waals surface area contributed by atoms with Crippen LogP contribution in [0.4, 0.5) is 0 Å². The molecular weight excluding hydrogens is 114 g/mol. The lowest BCUT2D eigenvalue weighted by Gasteiger charge is -1.95. The second kappa shape index (κ2) is 2.53. The van der Waals surface area contributed by atoms with E-state index in [0.29, 0.717) is 6.04 Å². The van der Waals surface area contributed by atoms with Crippen molar-refractivity contribution >= 4 is 0 Å². The van der Waals surface area contributed by atoms with E-state index in [1.54, 1.807) is 10.9 Å². The monoisotopic (exact) mass is 124 g/mol. The fourth-order valence-corrected chi connectivity index (χ4v) is 0.560. The van der Waals surface area contributed by atoms with Crippen LogP contribution < -0.4 is 4.68 Å². The van der Waals surface area contributed by atoms with Gasteiger partial charge in [0, 0.05) is 6.07 Å². The van der Waals surface area contributed by atoms with Gasteiger partial charge >= 0.3 is 0 Å². The largest absolute Gasteiger partial charge is 0.171 e. The molecule has 1 aromatic heterocycles. The van der Waals surface area contributed by atoms with Gasteiger partial charge in [-0.25, -0.2) is 0 Å². The van der Waals surface area contributed by atoms with Crippen LogP contribution in [-0.2, 0) is 0 Å². The second-order valence-electron chi connectivity index (χ2n) is 2.17. The highest BCUT2D eigenvalue weighted by Crippen LogP contribution is 1.84. The molecule has 0 radical (unpaired) electrons. The highest BCUT2D eigenvalue weighted by molar-refractivity contribution is 4.65. The number of hydrogen-bond acceptors (Lipinski definition) is 2. The van der Waals surface area contributed by atoms with E-state index in [4.69, 9.17) is 0 Å². The fraction of sp³-hybridized carbons (Fsp3) is 0.500. The summed E-state index contributed by atoms with van der Waals surface area (Å²) in [6.07, 6.45) is 3.57. The maximum atomic E-state index is 3.84. The number of aromatic nitrogens is 3. The van der Waals surface area contributed by atoms with Gasteiger partial charge in [-0.05, 0) is 13.8 Å². The zero-order valence-corrected chi connectivity index (χ0v) is 5.65. The summed E-state index contributed by atoms with van der Waals surface area (Å²) in [5.74, 6) is 0. The highest BCUT2D eigenvalue weighted by Gasteiger charge is 2.00. The molecule has 0 fully saturated rings. The lowest BCUT2D eigenvalue weighted by atomic mass is 10.4. The van der Waals surface area contributed by atoms with Gasteiger partial charge < -0.3 is 0 Å². The van der Waals surface area contributed by atoms with Crippen molar-refractivity contribution in [1.29, 1.82) is 0 Å². The molecule has 0 spiro atoms. The Morgan fingerprint density at radius 3 is 2.56 bits per heavy atom. The first-order chi connectivity index (χ1) is 4.30. The number of rotatable bonds is 1. The van der Waals surface area contributed by atoms with Gasteiger partial charge in [-0.1, -0.05) is 0 Å². The quantitative estimate of drug-likeness (QED) is 0.505. The standard InChI is InChI=1S/C6H10N3/c1-6(2)9-5-3-4-7-8-9/h3-6H,1-2H3/q+1. The predicted molar refractivity (Wildman–Crippen MR) is 32.6 cm³/mol. The van der Waals surface area contributed by atoms with E-state index >= 15 is 0 Å². The predicted octanol–water partition coefficient (Wildman–Crippen LogP) is 0.345. The molecule has 0 saturated carbocycles. The minimum absolute atomic E-state index is 0.402. The molecule has 0 aliphatic heterocycles. The van der Waals surface area contributed by atoms with E-state index in [9.17, 15) is 0 Å². The molecule has 0 saturated heterocycles. The first kappa shape index (κ1) is 6.13. The van der Waals surface area contributed by atoms with Crippen molar-refractivity contribution in [2.45, 2.75) is 19.9 Å². The van der Waals surface area contributed by atoms with Crippen molar-refractivity contribution < 1.29 is 4.68 Å². The van der Waals surface area contributed by atoms with E-state index in [2.05, 4.69) is 24.2 Å². The molecule has 0 unspecified atom stereocenters. The maximum absolute atomic E-state index is 3.84. The van der Waals surface area contributed by atoms with Crippen LogP contribution in [0.15, 0.2) is 18.5 Å². The number of hydrogen-bond donors (Lipinski definition) is 0. The summed E-state index contributed by atoms with van der Waals surface area (Å²) in [7, 11) is 0. The third-order valence-electron chi connectivity index (χ3n) is 1.08. The Balaban J connectivity index is 2.85. The van der Waals surface area contributed by atoms with Gasteiger partial charge in [0.15, 0.2) is 6.20 Å². The Labute approximate surface area is 54.3 Å². The molecule has 0 N–H and O–H groups in total. The van der Waals surface area contributed by atoms with E-state index < -0.39 is 0 Å². The molecule has 0 aliphatic carbocycles. The average molecular weight is 124 g/mol. The SMILES string of the molecule is CC(C)[n+]1cccnn1. The first-order valence-corrected chi connectivity index (χ1v) is 3.00. The Morgan fingerprint density at radius 1 is 1.44 bits per heavy atom. The first-order valence-electron chi connectivity index (χ1n) is 3.00. The van der Waals surface area contributed by atoms with Crippen LogP contribution >= 0.6 is 0 Å². The lowest BCUT2D eigenvalue weighted by Crippen LogP contribution is -2.40. The topological polar surface area (TPSA) is 29.7 Å². The normalized spacial score (nSPS) is 10.1. The van der Waals surface area contributed by atoms with E-state index in [0.717, 1.165) is 0 Å². The van der Waals surface area contributed by atoms with Gasteiger partial charge in [0.2, 0.25) is 0 Å². The van der Waals surface area contributed by atoms with Gasteiger partial charge in [-0.2, -0.15) is 0 Å². The minimum Gasteiger partial charge on any atom is -0.135 e. The molecule has 0 aliphatic rings. The van der Waals surface area contributed by atoms with E-state index in [1.165, 1.54) is 0 Å². The smallest absolute Gasteiger partial charge is 0.135 e. The summed E-state index contributed by atoms with van der Waals surface area (Å²) < 4.78 is 1.81. The summed E-state index contributed by atoms with van der Waals surface area (Å²) >= 11 is 0. The Kier molecular flexibility index (Phi) is 1.72. The molecule has 0 atom stereocenters. The Bertz CT molecular complexity index is 171. The molecule has 0 bridgehead atoms. The molecule has 1 rings (SSSR count). The summed E-state index contributed by atoms with van der Waals surface area (Å²) in [5, 5.41) is 7.56. The molecule has 3 heteroatoms. The Morgan fingerprint density at radius 2 is 2.22 bits per heavy atom. The van der Waals surface area contributed by atoms with Crippen LogP contribution in [0.2, 0.25) is 0 Å². The molecule has 9 heavy (non-hydrogen) atoms. The maximum Gasteiger partial charge on any atom is 0.171 e. The van der Waals surface area contributed by atoms with E-state index in [-0.39, 0.29) is 0 Å². The van der Waals surface area contributed by atoms with Crippen molar-refractivity contribution in [2.24, 2.45) is 0 Å². The summed E-state index contributed by atoms with van der Waals surface area (Å²) in [6.45, 7) is 4.13. The summed E-state index contributed by atoms with van der Waals surface area (Å²) in [6, 6.07) is 2.27. The van der Waals surface area contributed by atoms with E-state index in [1.807, 2.05) is 12.3 Å². The zero-order valence-electron chi connectivity index (χ0n) is 5.65. The zero-order chi connectivity index (χ0) is 6.69. The molecular formula is C6H10N3+. The molecule has 1 heterocycles. The molecule has 1 aromatic rings.